The number of para-hydroxylation sites is 1. The van der Waals surface area contributed by atoms with Crippen LogP contribution in [0.4, 0.5) is 0 Å². The van der Waals surface area contributed by atoms with Crippen LogP contribution < -0.4 is 5.32 Å². The van der Waals surface area contributed by atoms with Crippen LogP contribution in [0.25, 0.3) is 10.9 Å². The van der Waals surface area contributed by atoms with Gasteiger partial charge in [0.25, 0.3) is 0 Å². The van der Waals surface area contributed by atoms with Gasteiger partial charge in [0.15, 0.2) is 0 Å². The van der Waals surface area contributed by atoms with Crippen molar-refractivity contribution >= 4 is 10.9 Å². The summed E-state index contributed by atoms with van der Waals surface area (Å²) in [4.78, 5) is 3.32. The van der Waals surface area contributed by atoms with Crippen LogP contribution in [0.15, 0.2) is 30.5 Å². The van der Waals surface area contributed by atoms with Crippen molar-refractivity contribution in [3.05, 3.63) is 36.0 Å². The second-order valence-electron chi connectivity index (χ2n) is 7.29. The number of aliphatic hydroxyl groups excluding tert-OH is 1. The van der Waals surface area contributed by atoms with Gasteiger partial charge in [-0.15, -0.1) is 0 Å². The monoisotopic (exact) mass is 344 g/mol. The number of hydrogen-bond acceptors (Lipinski definition) is 3. The number of fused-ring (bicyclic) bond motifs is 1. The first-order valence-electron chi connectivity index (χ1n) is 9.87. The minimum absolute atomic E-state index is 0.393. The number of aryl methyl sites for hydroxylation is 1. The van der Waals surface area contributed by atoms with Crippen molar-refractivity contribution in [3.8, 4) is 0 Å². The topological polar surface area (TPSA) is 57.3 Å². The van der Waals surface area contributed by atoms with Crippen molar-refractivity contribution in [3.63, 3.8) is 0 Å². The molecule has 0 saturated heterocycles. The van der Waals surface area contributed by atoms with Crippen molar-refractivity contribution in [2.24, 2.45) is 0 Å². The average Bonchev–Trinajstić information content (AvgIpc) is 3.07. The number of hydrogen-bond donors (Lipinski definition) is 3. The predicted octanol–water partition coefficient (Wildman–Crippen LogP) is 3.79. The standard InChI is InChI=1S/C21H32N2O2/c24-19(15-22-18-9-2-1-3-10-18)16-25-13-7-6-8-17-14-23-21-12-5-4-11-20(17)21/h4-5,11-12,14,18-19,22-24H,1-3,6-10,13,15-16H2. The highest BCUT2D eigenvalue weighted by Crippen LogP contribution is 2.19. The molecule has 1 heterocycles. The van der Waals surface area contributed by atoms with E-state index in [0.29, 0.717) is 19.2 Å². The molecule has 1 aliphatic carbocycles. The lowest BCUT2D eigenvalue weighted by molar-refractivity contribution is 0.0337. The van der Waals surface area contributed by atoms with Gasteiger partial charge in [-0.2, -0.15) is 0 Å². The van der Waals surface area contributed by atoms with Gasteiger partial charge < -0.3 is 20.1 Å². The van der Waals surface area contributed by atoms with Gasteiger partial charge in [-0.3, -0.25) is 0 Å². The van der Waals surface area contributed by atoms with Crippen LogP contribution in [0.2, 0.25) is 0 Å². The lowest BCUT2D eigenvalue weighted by Crippen LogP contribution is -2.38. The van der Waals surface area contributed by atoms with E-state index in [1.165, 1.54) is 48.6 Å². The first kappa shape index (κ1) is 18.4. The fraction of sp³-hybridized carbons (Fsp3) is 0.619. The maximum atomic E-state index is 10.0. The van der Waals surface area contributed by atoms with E-state index < -0.39 is 6.10 Å². The Balaban J connectivity index is 1.23. The van der Waals surface area contributed by atoms with Crippen LogP contribution in [-0.2, 0) is 11.2 Å². The van der Waals surface area contributed by atoms with Crippen molar-refractivity contribution < 1.29 is 9.84 Å². The lowest BCUT2D eigenvalue weighted by Gasteiger charge is -2.24. The number of benzene rings is 1. The summed E-state index contributed by atoms with van der Waals surface area (Å²) < 4.78 is 5.64. The zero-order chi connectivity index (χ0) is 17.3. The summed E-state index contributed by atoms with van der Waals surface area (Å²) in [5.41, 5.74) is 2.59. The summed E-state index contributed by atoms with van der Waals surface area (Å²) >= 11 is 0. The molecular formula is C21H32N2O2. The summed E-state index contributed by atoms with van der Waals surface area (Å²) in [7, 11) is 0. The van der Waals surface area contributed by atoms with E-state index in [-0.39, 0.29) is 0 Å². The number of ether oxygens (including phenoxy) is 1. The van der Waals surface area contributed by atoms with Crippen molar-refractivity contribution in [2.45, 2.75) is 63.5 Å². The van der Waals surface area contributed by atoms with Crippen molar-refractivity contribution in [1.29, 1.82) is 0 Å². The third kappa shape index (κ3) is 5.84. The van der Waals surface area contributed by atoms with Crippen LogP contribution in [0, 0.1) is 0 Å². The molecule has 0 aliphatic heterocycles. The third-order valence-corrected chi connectivity index (χ3v) is 5.22. The molecule has 138 valence electrons. The summed E-state index contributed by atoms with van der Waals surface area (Å²) in [6.07, 6.45) is 11.4. The van der Waals surface area contributed by atoms with Crippen LogP contribution in [0.3, 0.4) is 0 Å². The number of aromatic nitrogens is 1. The number of nitrogens with one attached hydrogen (secondary N) is 2. The summed E-state index contributed by atoms with van der Waals surface area (Å²) in [6, 6.07) is 9.04. The van der Waals surface area contributed by atoms with Crippen molar-refractivity contribution in [2.75, 3.05) is 19.8 Å². The molecule has 1 unspecified atom stereocenters. The Morgan fingerprint density at radius 2 is 2.00 bits per heavy atom. The Labute approximate surface area is 151 Å². The molecule has 1 aromatic heterocycles. The van der Waals surface area contributed by atoms with E-state index in [4.69, 9.17) is 4.74 Å². The molecule has 3 N–H and O–H groups in total. The van der Waals surface area contributed by atoms with Crippen molar-refractivity contribution in [1.82, 2.24) is 10.3 Å². The Bertz CT molecular complexity index is 619. The maximum Gasteiger partial charge on any atom is 0.0897 e. The molecule has 2 aromatic rings. The largest absolute Gasteiger partial charge is 0.389 e. The molecule has 1 fully saturated rings. The Kier molecular flexibility index (Phi) is 7.34. The normalized spacial score (nSPS) is 17.2. The van der Waals surface area contributed by atoms with Crippen LogP contribution in [0.5, 0.6) is 0 Å². The predicted molar refractivity (Wildman–Crippen MR) is 103 cm³/mol. The molecule has 4 nitrogen and oxygen atoms in total. The van der Waals surface area contributed by atoms with Crippen LogP contribution in [0.1, 0.15) is 50.5 Å². The Morgan fingerprint density at radius 3 is 2.88 bits per heavy atom. The molecule has 0 bridgehead atoms. The average molecular weight is 344 g/mol. The molecule has 25 heavy (non-hydrogen) atoms. The molecule has 1 saturated carbocycles. The molecule has 3 rings (SSSR count). The first-order valence-corrected chi connectivity index (χ1v) is 9.87. The minimum atomic E-state index is -0.393. The number of aliphatic hydroxyl groups is 1. The molecule has 1 aromatic carbocycles. The van der Waals surface area contributed by atoms with E-state index in [1.54, 1.807) is 0 Å². The highest BCUT2D eigenvalue weighted by Gasteiger charge is 2.14. The van der Waals surface area contributed by atoms with Gasteiger partial charge >= 0.3 is 0 Å². The van der Waals surface area contributed by atoms with Crippen LogP contribution in [-0.4, -0.2) is 42.0 Å². The molecule has 0 spiro atoms. The molecule has 1 atom stereocenters. The third-order valence-electron chi connectivity index (χ3n) is 5.22. The fourth-order valence-corrected chi connectivity index (χ4v) is 3.75. The first-order chi connectivity index (χ1) is 12.3. The van der Waals surface area contributed by atoms with Gasteiger partial charge in [-0.1, -0.05) is 37.5 Å². The highest BCUT2D eigenvalue weighted by atomic mass is 16.5. The zero-order valence-corrected chi connectivity index (χ0v) is 15.2. The lowest BCUT2D eigenvalue weighted by atomic mass is 9.95. The number of H-pyrrole nitrogens is 1. The summed E-state index contributed by atoms with van der Waals surface area (Å²) in [5, 5.41) is 14.8. The smallest absolute Gasteiger partial charge is 0.0897 e. The van der Waals surface area contributed by atoms with E-state index in [9.17, 15) is 5.11 Å². The van der Waals surface area contributed by atoms with Gasteiger partial charge in [0, 0.05) is 36.3 Å². The molecule has 0 radical (unpaired) electrons. The van der Waals surface area contributed by atoms with Gasteiger partial charge in [0.1, 0.15) is 0 Å². The number of unbranched alkanes of at least 4 members (excludes halogenated alkanes) is 1. The van der Waals surface area contributed by atoms with Gasteiger partial charge in [0.2, 0.25) is 0 Å². The minimum Gasteiger partial charge on any atom is -0.389 e. The van der Waals surface area contributed by atoms with Crippen LogP contribution >= 0.6 is 0 Å². The second-order valence-corrected chi connectivity index (χ2v) is 7.29. The van der Waals surface area contributed by atoms with E-state index in [2.05, 4.69) is 40.8 Å². The molecule has 1 aliphatic rings. The highest BCUT2D eigenvalue weighted by molar-refractivity contribution is 5.82. The number of aromatic amines is 1. The second kappa shape index (κ2) is 9.95. The molecule has 0 amide bonds. The molecular weight excluding hydrogens is 312 g/mol. The number of rotatable bonds is 10. The fourth-order valence-electron chi connectivity index (χ4n) is 3.75. The zero-order valence-electron chi connectivity index (χ0n) is 15.2. The SMILES string of the molecule is OC(CNC1CCCCC1)COCCCCc1c[nH]c2ccccc12. The van der Waals surface area contributed by atoms with E-state index >= 15 is 0 Å². The van der Waals surface area contributed by atoms with Gasteiger partial charge in [-0.25, -0.2) is 0 Å². The van der Waals surface area contributed by atoms with E-state index in [1.807, 2.05) is 0 Å². The van der Waals surface area contributed by atoms with Gasteiger partial charge in [-0.05, 0) is 43.7 Å². The summed E-state index contributed by atoms with van der Waals surface area (Å²) in [5.74, 6) is 0. The van der Waals surface area contributed by atoms with E-state index in [0.717, 1.165) is 25.9 Å². The quantitative estimate of drug-likeness (QED) is 0.575. The Morgan fingerprint density at radius 1 is 1.16 bits per heavy atom. The maximum absolute atomic E-state index is 10.0. The Hall–Kier alpha value is -1.36. The van der Waals surface area contributed by atoms with Gasteiger partial charge in [0.05, 0.1) is 12.7 Å². The summed E-state index contributed by atoms with van der Waals surface area (Å²) in [6.45, 7) is 1.82. The molecule has 4 heteroatoms.